The number of ether oxygens (including phenoxy) is 1. The van der Waals surface area contributed by atoms with Crippen LogP contribution < -0.4 is 0 Å². The van der Waals surface area contributed by atoms with Gasteiger partial charge in [-0.05, 0) is 30.4 Å². The summed E-state index contributed by atoms with van der Waals surface area (Å²) in [6.07, 6.45) is 3.22. The summed E-state index contributed by atoms with van der Waals surface area (Å²) >= 11 is 1.54. The van der Waals surface area contributed by atoms with Gasteiger partial charge < -0.3 is 9.64 Å². The number of amides is 2. The largest absolute Gasteiger partial charge is 0.383 e. The van der Waals surface area contributed by atoms with E-state index < -0.39 is 0 Å². The zero-order chi connectivity index (χ0) is 21.8. The minimum absolute atomic E-state index is 0.00169. The van der Waals surface area contributed by atoms with Crippen LogP contribution in [0, 0.1) is 11.7 Å². The first kappa shape index (κ1) is 21.6. The lowest BCUT2D eigenvalue weighted by atomic mass is 9.84. The Labute approximate surface area is 185 Å². The number of nitrogens with zero attached hydrogens (tertiary/aromatic N) is 3. The van der Waals surface area contributed by atoms with Gasteiger partial charge in [0.1, 0.15) is 12.4 Å². The summed E-state index contributed by atoms with van der Waals surface area (Å²) in [5, 5.41) is 7.91. The fraction of sp³-hybridized carbons (Fsp3) is 0.435. The summed E-state index contributed by atoms with van der Waals surface area (Å²) in [6, 6.07) is 10.0. The van der Waals surface area contributed by atoms with Crippen molar-refractivity contribution in [2.45, 2.75) is 31.7 Å². The molecule has 4 rings (SSSR count). The fourth-order valence-corrected chi connectivity index (χ4v) is 4.73. The molecule has 1 saturated carbocycles. The molecule has 1 aliphatic heterocycles. The molecule has 1 aliphatic carbocycles. The van der Waals surface area contributed by atoms with Gasteiger partial charge in [-0.2, -0.15) is 5.10 Å². The molecule has 6 nitrogen and oxygen atoms in total. The van der Waals surface area contributed by atoms with E-state index in [1.54, 1.807) is 30.2 Å². The van der Waals surface area contributed by atoms with Crippen LogP contribution in [0.2, 0.25) is 0 Å². The molecule has 2 aromatic rings. The van der Waals surface area contributed by atoms with Crippen molar-refractivity contribution in [3.8, 4) is 0 Å². The maximum atomic E-state index is 14.4. The number of rotatable bonds is 8. The molecular formula is C23H26FN3O3S. The van der Waals surface area contributed by atoms with E-state index >= 15 is 0 Å². The quantitative estimate of drug-likeness (QED) is 0.623. The molecule has 0 unspecified atom stereocenters. The number of carbonyl (C=O) groups excluding carboxylic acids is 2. The molecule has 2 heterocycles. The highest BCUT2D eigenvalue weighted by Crippen LogP contribution is 2.36. The van der Waals surface area contributed by atoms with Crippen molar-refractivity contribution in [2.75, 3.05) is 26.8 Å². The monoisotopic (exact) mass is 443 g/mol. The van der Waals surface area contributed by atoms with Crippen LogP contribution in [-0.2, 0) is 14.3 Å². The highest BCUT2D eigenvalue weighted by Gasteiger charge is 2.37. The lowest BCUT2D eigenvalue weighted by Crippen LogP contribution is -2.46. The van der Waals surface area contributed by atoms with Gasteiger partial charge in [-0.3, -0.25) is 9.59 Å². The number of halogens is 1. The highest BCUT2D eigenvalue weighted by atomic mass is 32.1. The average Bonchev–Trinajstić information content (AvgIpc) is 3.39. The molecule has 0 spiro atoms. The van der Waals surface area contributed by atoms with E-state index in [-0.39, 0.29) is 36.1 Å². The van der Waals surface area contributed by atoms with Gasteiger partial charge in [-0.25, -0.2) is 9.40 Å². The number of methoxy groups -OCH3 is 1. The van der Waals surface area contributed by atoms with Crippen molar-refractivity contribution >= 4 is 28.9 Å². The minimum Gasteiger partial charge on any atom is -0.383 e. The lowest BCUT2D eigenvalue weighted by molar-refractivity contribution is -0.146. The molecule has 164 valence electrons. The van der Waals surface area contributed by atoms with Gasteiger partial charge in [-0.15, -0.1) is 11.3 Å². The first-order valence-corrected chi connectivity index (χ1v) is 11.4. The van der Waals surface area contributed by atoms with Gasteiger partial charge in [0.2, 0.25) is 5.91 Å². The summed E-state index contributed by atoms with van der Waals surface area (Å²) in [4.78, 5) is 28.7. The molecule has 1 atom stereocenters. The van der Waals surface area contributed by atoms with E-state index in [1.807, 2.05) is 17.5 Å². The van der Waals surface area contributed by atoms with Gasteiger partial charge in [0.25, 0.3) is 5.91 Å². The number of hydrogen-bond acceptors (Lipinski definition) is 5. The molecule has 8 heteroatoms. The standard InChI is InChI=1S/C23H26FN3O3S/c1-30-12-11-26(23(29)16-6-4-7-16)15-22(28)27-20(21-10-5-13-31-21)14-19(25-27)17-8-2-3-9-18(17)24/h2-3,5,8-10,13,16,20H,4,6-7,11-12,14-15H2,1H3/t20-/m1/s1. The van der Waals surface area contributed by atoms with Crippen molar-refractivity contribution in [3.05, 3.63) is 58.0 Å². The Hall–Kier alpha value is -2.58. The molecule has 0 bridgehead atoms. The summed E-state index contributed by atoms with van der Waals surface area (Å²) < 4.78 is 19.5. The van der Waals surface area contributed by atoms with Crippen LogP contribution in [0.4, 0.5) is 4.39 Å². The SMILES string of the molecule is COCCN(CC(=O)N1N=C(c2ccccc2F)C[C@@H]1c1cccs1)C(=O)C1CCC1. The summed E-state index contributed by atoms with van der Waals surface area (Å²) in [5.74, 6) is -0.633. The van der Waals surface area contributed by atoms with Gasteiger partial charge in [0.05, 0.1) is 18.4 Å². The topological polar surface area (TPSA) is 62.2 Å². The summed E-state index contributed by atoms with van der Waals surface area (Å²) in [5.41, 5.74) is 0.944. The molecule has 31 heavy (non-hydrogen) atoms. The lowest BCUT2D eigenvalue weighted by Gasteiger charge is -2.32. The number of benzene rings is 1. The Morgan fingerprint density at radius 1 is 1.26 bits per heavy atom. The van der Waals surface area contributed by atoms with E-state index in [0.29, 0.717) is 30.8 Å². The van der Waals surface area contributed by atoms with Crippen LogP contribution >= 0.6 is 11.3 Å². The average molecular weight is 444 g/mol. The van der Waals surface area contributed by atoms with Crippen LogP contribution in [0.25, 0.3) is 0 Å². The molecule has 1 fully saturated rings. The van der Waals surface area contributed by atoms with Crippen molar-refractivity contribution in [3.63, 3.8) is 0 Å². The molecule has 0 saturated heterocycles. The molecule has 2 aliphatic rings. The number of hydrogen-bond donors (Lipinski definition) is 0. The van der Waals surface area contributed by atoms with E-state index in [2.05, 4.69) is 5.10 Å². The van der Waals surface area contributed by atoms with Crippen molar-refractivity contribution in [1.29, 1.82) is 0 Å². The van der Waals surface area contributed by atoms with Gasteiger partial charge in [0.15, 0.2) is 0 Å². The third-order valence-corrected chi connectivity index (χ3v) is 6.85. The minimum atomic E-state index is -0.359. The Balaban J connectivity index is 1.57. The van der Waals surface area contributed by atoms with Crippen LogP contribution in [0.3, 0.4) is 0 Å². The molecule has 0 N–H and O–H groups in total. The second-order valence-corrected chi connectivity index (χ2v) is 8.86. The fourth-order valence-electron chi connectivity index (χ4n) is 3.92. The zero-order valence-corrected chi connectivity index (χ0v) is 18.3. The van der Waals surface area contributed by atoms with E-state index in [4.69, 9.17) is 4.74 Å². The molecule has 1 aromatic heterocycles. The number of thiophene rings is 1. The first-order chi connectivity index (χ1) is 15.1. The second-order valence-electron chi connectivity index (χ2n) is 7.88. The Bertz CT molecular complexity index is 959. The third kappa shape index (κ3) is 4.70. The zero-order valence-electron chi connectivity index (χ0n) is 17.5. The molecule has 1 aromatic carbocycles. The van der Waals surface area contributed by atoms with Crippen molar-refractivity contribution in [1.82, 2.24) is 9.91 Å². The summed E-state index contributed by atoms with van der Waals surface area (Å²) in [6.45, 7) is 0.664. The van der Waals surface area contributed by atoms with Crippen LogP contribution in [-0.4, -0.2) is 54.2 Å². The van der Waals surface area contributed by atoms with Crippen LogP contribution in [0.15, 0.2) is 46.9 Å². The molecule has 0 radical (unpaired) electrons. The van der Waals surface area contributed by atoms with Gasteiger partial charge in [-0.1, -0.05) is 30.7 Å². The maximum Gasteiger partial charge on any atom is 0.262 e. The van der Waals surface area contributed by atoms with Crippen molar-refractivity contribution in [2.24, 2.45) is 11.0 Å². The second kappa shape index (κ2) is 9.70. The highest BCUT2D eigenvalue weighted by molar-refractivity contribution is 7.10. The smallest absolute Gasteiger partial charge is 0.262 e. The Kier molecular flexibility index (Phi) is 6.77. The van der Waals surface area contributed by atoms with Gasteiger partial charge >= 0.3 is 0 Å². The van der Waals surface area contributed by atoms with E-state index in [9.17, 15) is 14.0 Å². The third-order valence-electron chi connectivity index (χ3n) is 5.88. The van der Waals surface area contributed by atoms with Crippen molar-refractivity contribution < 1.29 is 18.7 Å². The number of carbonyl (C=O) groups is 2. The Morgan fingerprint density at radius 3 is 2.71 bits per heavy atom. The predicted octanol–water partition coefficient (Wildman–Crippen LogP) is 3.84. The van der Waals surface area contributed by atoms with Gasteiger partial charge in [0, 0.05) is 36.4 Å². The first-order valence-electron chi connectivity index (χ1n) is 10.5. The van der Waals surface area contributed by atoms with Crippen LogP contribution in [0.5, 0.6) is 0 Å². The molecule has 2 amide bonds. The summed E-state index contributed by atoms with van der Waals surface area (Å²) in [7, 11) is 1.58. The predicted molar refractivity (Wildman–Crippen MR) is 117 cm³/mol. The van der Waals surface area contributed by atoms with E-state index in [0.717, 1.165) is 24.1 Å². The van der Waals surface area contributed by atoms with Crippen LogP contribution in [0.1, 0.15) is 42.2 Å². The Morgan fingerprint density at radius 2 is 2.06 bits per heavy atom. The van der Waals surface area contributed by atoms with E-state index in [1.165, 1.54) is 22.4 Å². The normalized spacial score (nSPS) is 18.6. The number of hydrazone groups is 1. The molecular weight excluding hydrogens is 417 g/mol. The maximum absolute atomic E-state index is 14.4.